The molecule has 8 nitrogen and oxygen atoms in total. The number of piperidine rings is 1. The molecule has 21 heavy (non-hydrogen) atoms. The molecule has 1 fully saturated rings. The number of ether oxygens (including phenoxy) is 2. The molecule has 0 amide bonds. The highest BCUT2D eigenvalue weighted by molar-refractivity contribution is 5.37. The maximum absolute atomic E-state index is 5.52. The molecule has 0 aliphatic carbocycles. The highest BCUT2D eigenvalue weighted by Gasteiger charge is 2.16. The summed E-state index contributed by atoms with van der Waals surface area (Å²) in [5, 5.41) is 0. The number of nitrogens with one attached hydrogen (secondary N) is 1. The number of anilines is 2. The van der Waals surface area contributed by atoms with E-state index in [2.05, 4.69) is 32.2 Å². The van der Waals surface area contributed by atoms with Gasteiger partial charge >= 0.3 is 6.01 Å². The smallest absolute Gasteiger partial charge is 0.323 e. The van der Waals surface area contributed by atoms with Crippen LogP contribution >= 0.6 is 0 Å². The molecule has 8 heteroatoms. The highest BCUT2D eigenvalue weighted by atomic mass is 16.5. The minimum atomic E-state index is 0.277. The van der Waals surface area contributed by atoms with E-state index in [-0.39, 0.29) is 6.01 Å². The summed E-state index contributed by atoms with van der Waals surface area (Å²) in [6.07, 6.45) is 4.55. The Labute approximate surface area is 125 Å². The Morgan fingerprint density at radius 1 is 1.10 bits per heavy atom. The van der Waals surface area contributed by atoms with Crippen molar-refractivity contribution in [1.29, 1.82) is 0 Å². The molecule has 1 aliphatic heterocycles. The van der Waals surface area contributed by atoms with E-state index in [1.54, 1.807) is 0 Å². The van der Waals surface area contributed by atoms with Gasteiger partial charge in [0, 0.05) is 19.7 Å². The molecular formula is C13H24N6O2. The Bertz CT molecular complexity index is 425. The van der Waals surface area contributed by atoms with E-state index in [0.717, 1.165) is 39.0 Å². The molecule has 0 bridgehead atoms. The number of rotatable bonds is 8. The molecule has 1 aromatic heterocycles. The molecule has 0 atom stereocenters. The lowest BCUT2D eigenvalue weighted by Crippen LogP contribution is -2.31. The zero-order valence-corrected chi connectivity index (χ0v) is 12.5. The summed E-state index contributed by atoms with van der Waals surface area (Å²) in [4.78, 5) is 14.9. The second-order valence-electron chi connectivity index (χ2n) is 4.89. The lowest BCUT2D eigenvalue weighted by Gasteiger charge is -2.26. The standard InChI is InChI=1S/C13H24N6O2/c1-2-8-20-9-10-21-13-16-11(18-14)15-12(17-13)19-6-4-3-5-7-19/h2-10,14H2,1H3,(H,15,16,17,18). The van der Waals surface area contributed by atoms with Crippen molar-refractivity contribution in [3.05, 3.63) is 0 Å². The Hall–Kier alpha value is -1.67. The van der Waals surface area contributed by atoms with Crippen molar-refractivity contribution >= 4 is 11.9 Å². The number of hydrazine groups is 1. The summed E-state index contributed by atoms with van der Waals surface area (Å²) in [6, 6.07) is 0.277. The average molecular weight is 296 g/mol. The molecule has 0 spiro atoms. The van der Waals surface area contributed by atoms with Crippen LogP contribution in [0.25, 0.3) is 0 Å². The van der Waals surface area contributed by atoms with E-state index in [0.29, 0.717) is 25.1 Å². The molecular weight excluding hydrogens is 272 g/mol. The van der Waals surface area contributed by atoms with Gasteiger partial charge in [-0.05, 0) is 25.7 Å². The van der Waals surface area contributed by atoms with Gasteiger partial charge in [-0.25, -0.2) is 5.84 Å². The molecule has 1 aliphatic rings. The third-order valence-corrected chi connectivity index (χ3v) is 3.18. The van der Waals surface area contributed by atoms with Crippen molar-refractivity contribution in [2.45, 2.75) is 32.6 Å². The first kappa shape index (κ1) is 15.7. The number of nitrogen functional groups attached to an aromatic ring is 1. The first-order valence-corrected chi connectivity index (χ1v) is 7.51. The summed E-state index contributed by atoms with van der Waals surface area (Å²) in [7, 11) is 0. The lowest BCUT2D eigenvalue weighted by molar-refractivity contribution is 0.0972. The predicted molar refractivity (Wildman–Crippen MR) is 80.3 cm³/mol. The maximum Gasteiger partial charge on any atom is 0.323 e. The molecule has 2 heterocycles. The van der Waals surface area contributed by atoms with Crippen LogP contribution in [-0.4, -0.2) is 47.9 Å². The lowest BCUT2D eigenvalue weighted by atomic mass is 10.1. The SMILES string of the molecule is CCCOCCOc1nc(NN)nc(N2CCCCC2)n1. The molecule has 1 saturated heterocycles. The molecule has 3 N–H and O–H groups in total. The summed E-state index contributed by atoms with van der Waals surface area (Å²) in [5.41, 5.74) is 2.46. The molecule has 0 unspecified atom stereocenters. The molecule has 0 radical (unpaired) electrons. The van der Waals surface area contributed by atoms with E-state index in [1.807, 2.05) is 0 Å². The third kappa shape index (κ3) is 4.98. The normalized spacial score (nSPS) is 15.0. The Morgan fingerprint density at radius 2 is 1.90 bits per heavy atom. The van der Waals surface area contributed by atoms with Gasteiger partial charge in [0.1, 0.15) is 6.61 Å². The highest BCUT2D eigenvalue weighted by Crippen LogP contribution is 2.18. The Balaban J connectivity index is 1.96. The Kier molecular flexibility index (Phi) is 6.42. The van der Waals surface area contributed by atoms with Crippen LogP contribution in [0.4, 0.5) is 11.9 Å². The zero-order valence-electron chi connectivity index (χ0n) is 12.5. The van der Waals surface area contributed by atoms with Gasteiger partial charge in [0.25, 0.3) is 0 Å². The first-order valence-electron chi connectivity index (χ1n) is 7.51. The summed E-state index contributed by atoms with van der Waals surface area (Å²) in [5.74, 6) is 6.34. The fourth-order valence-corrected chi connectivity index (χ4v) is 2.15. The maximum atomic E-state index is 5.52. The van der Waals surface area contributed by atoms with Crippen LogP contribution in [0.1, 0.15) is 32.6 Å². The van der Waals surface area contributed by atoms with Gasteiger partial charge in [-0.2, -0.15) is 15.0 Å². The topological polar surface area (TPSA) is 98.4 Å². The molecule has 0 saturated carbocycles. The summed E-state index contributed by atoms with van der Waals surface area (Å²) >= 11 is 0. The van der Waals surface area contributed by atoms with Crippen molar-refractivity contribution in [1.82, 2.24) is 15.0 Å². The summed E-state index contributed by atoms with van der Waals surface area (Å²) in [6.45, 7) is 5.63. The minimum Gasteiger partial charge on any atom is -0.461 e. The van der Waals surface area contributed by atoms with Crippen molar-refractivity contribution < 1.29 is 9.47 Å². The number of hydrogen-bond donors (Lipinski definition) is 2. The number of nitrogens with two attached hydrogens (primary N) is 1. The molecule has 1 aromatic rings. The second-order valence-corrected chi connectivity index (χ2v) is 4.89. The van der Waals surface area contributed by atoms with Gasteiger partial charge in [-0.1, -0.05) is 6.92 Å². The monoisotopic (exact) mass is 296 g/mol. The van der Waals surface area contributed by atoms with Crippen LogP contribution in [0.15, 0.2) is 0 Å². The quantitative estimate of drug-likeness (QED) is 0.416. The van der Waals surface area contributed by atoms with Crippen molar-refractivity contribution in [2.24, 2.45) is 5.84 Å². The number of hydrogen-bond acceptors (Lipinski definition) is 8. The van der Waals surface area contributed by atoms with Crippen LogP contribution in [0.3, 0.4) is 0 Å². The van der Waals surface area contributed by atoms with Crippen LogP contribution in [0.5, 0.6) is 6.01 Å². The van der Waals surface area contributed by atoms with Gasteiger partial charge in [0.15, 0.2) is 0 Å². The number of aromatic nitrogens is 3. The molecule has 118 valence electrons. The van der Waals surface area contributed by atoms with Gasteiger partial charge in [0.05, 0.1) is 6.61 Å². The largest absolute Gasteiger partial charge is 0.461 e. The fraction of sp³-hybridized carbons (Fsp3) is 0.769. The average Bonchev–Trinajstić information content (AvgIpc) is 2.55. The van der Waals surface area contributed by atoms with Gasteiger partial charge < -0.3 is 14.4 Å². The first-order chi connectivity index (χ1) is 10.3. The fourth-order valence-electron chi connectivity index (χ4n) is 2.15. The Morgan fingerprint density at radius 3 is 2.62 bits per heavy atom. The van der Waals surface area contributed by atoms with Crippen molar-refractivity contribution in [2.75, 3.05) is 43.2 Å². The van der Waals surface area contributed by atoms with E-state index < -0.39 is 0 Å². The molecule has 0 aromatic carbocycles. The van der Waals surface area contributed by atoms with Gasteiger partial charge in [0.2, 0.25) is 11.9 Å². The number of nitrogens with zero attached hydrogens (tertiary/aromatic N) is 4. The molecule has 2 rings (SSSR count). The van der Waals surface area contributed by atoms with Crippen LogP contribution in [0.2, 0.25) is 0 Å². The van der Waals surface area contributed by atoms with Gasteiger partial charge in [-0.15, -0.1) is 0 Å². The predicted octanol–water partition coefficient (Wildman–Crippen LogP) is 0.953. The van der Waals surface area contributed by atoms with E-state index >= 15 is 0 Å². The van der Waals surface area contributed by atoms with Crippen molar-refractivity contribution in [3.8, 4) is 6.01 Å². The summed E-state index contributed by atoms with van der Waals surface area (Å²) < 4.78 is 10.9. The van der Waals surface area contributed by atoms with E-state index in [9.17, 15) is 0 Å². The van der Waals surface area contributed by atoms with Crippen LogP contribution < -0.4 is 20.9 Å². The third-order valence-electron chi connectivity index (χ3n) is 3.18. The minimum absolute atomic E-state index is 0.277. The van der Waals surface area contributed by atoms with E-state index in [1.165, 1.54) is 6.42 Å². The zero-order chi connectivity index (χ0) is 14.9. The van der Waals surface area contributed by atoms with E-state index in [4.69, 9.17) is 15.3 Å². The van der Waals surface area contributed by atoms with Crippen molar-refractivity contribution in [3.63, 3.8) is 0 Å². The van der Waals surface area contributed by atoms with Gasteiger partial charge in [-0.3, -0.25) is 5.43 Å². The van der Waals surface area contributed by atoms with Crippen LogP contribution in [0, 0.1) is 0 Å². The van der Waals surface area contributed by atoms with Crippen LogP contribution in [-0.2, 0) is 4.74 Å². The second kappa shape index (κ2) is 8.58.